The lowest BCUT2D eigenvalue weighted by Crippen LogP contribution is -2.33. The van der Waals surface area contributed by atoms with Crippen molar-refractivity contribution in [3.63, 3.8) is 0 Å². The number of carbonyl (C=O) groups excluding carboxylic acids is 1. The third-order valence-electron chi connectivity index (χ3n) is 6.13. The molecule has 2 aromatic carbocycles. The van der Waals surface area contributed by atoms with Crippen LogP contribution in [0.3, 0.4) is 0 Å². The second kappa shape index (κ2) is 11.5. The van der Waals surface area contributed by atoms with Crippen LogP contribution in [0.2, 0.25) is 0 Å². The Hall–Kier alpha value is -4.16. The van der Waals surface area contributed by atoms with Gasteiger partial charge < -0.3 is 20.5 Å². The highest BCUT2D eigenvalue weighted by Crippen LogP contribution is 2.28. The van der Waals surface area contributed by atoms with E-state index >= 15 is 0 Å². The minimum atomic E-state index is -1.12. The van der Waals surface area contributed by atoms with Crippen molar-refractivity contribution in [3.8, 4) is 5.75 Å². The Balaban J connectivity index is 1.19. The van der Waals surface area contributed by atoms with Crippen LogP contribution < -0.4 is 15.4 Å². The molecule has 4 aromatic rings. The van der Waals surface area contributed by atoms with Crippen LogP contribution in [0, 0.1) is 11.6 Å². The van der Waals surface area contributed by atoms with Gasteiger partial charge in [-0.2, -0.15) is 5.10 Å². The van der Waals surface area contributed by atoms with E-state index in [1.807, 2.05) is 18.2 Å². The van der Waals surface area contributed by atoms with Gasteiger partial charge in [-0.1, -0.05) is 6.07 Å². The second-order valence-electron chi connectivity index (χ2n) is 8.94. The number of hydrogen-bond donors (Lipinski definition) is 3. The van der Waals surface area contributed by atoms with Gasteiger partial charge in [0, 0.05) is 36.8 Å². The van der Waals surface area contributed by atoms with Gasteiger partial charge >= 0.3 is 0 Å². The number of ether oxygens (including phenoxy) is 1. The number of benzene rings is 2. The minimum Gasteiger partial charge on any atom is -0.492 e. The number of nitrogens with one attached hydrogen (secondary N) is 2. The number of nitrogens with zero attached hydrogens (tertiary/aromatic N) is 5. The molecule has 1 saturated carbocycles. The van der Waals surface area contributed by atoms with Gasteiger partial charge in [0.2, 0.25) is 5.91 Å². The van der Waals surface area contributed by atoms with Crippen LogP contribution >= 0.6 is 0 Å². The van der Waals surface area contributed by atoms with Crippen LogP contribution in [0.4, 0.5) is 26.0 Å². The summed E-state index contributed by atoms with van der Waals surface area (Å²) < 4.78 is 34.5. The molecule has 0 aliphatic heterocycles. The average Bonchev–Trinajstić information content (AvgIpc) is 3.66. The summed E-state index contributed by atoms with van der Waals surface area (Å²) in [4.78, 5) is 23.2. The molecule has 12 heteroatoms. The summed E-state index contributed by atoms with van der Waals surface area (Å²) in [5.74, 6) is -1.47. The van der Waals surface area contributed by atoms with Crippen molar-refractivity contribution in [1.82, 2.24) is 24.6 Å². The molecular formula is C26H27F2N7O3. The number of aliphatic hydroxyl groups is 1. The molecule has 0 spiro atoms. The van der Waals surface area contributed by atoms with E-state index in [9.17, 15) is 18.7 Å². The van der Waals surface area contributed by atoms with Gasteiger partial charge in [0.1, 0.15) is 31.0 Å². The van der Waals surface area contributed by atoms with Gasteiger partial charge in [-0.25, -0.2) is 18.7 Å². The van der Waals surface area contributed by atoms with Gasteiger partial charge in [-0.15, -0.1) is 0 Å². The van der Waals surface area contributed by atoms with Gasteiger partial charge in [0.05, 0.1) is 29.7 Å². The predicted molar refractivity (Wildman–Crippen MR) is 137 cm³/mol. The largest absolute Gasteiger partial charge is 0.492 e. The number of hydrogen-bond acceptors (Lipinski definition) is 8. The SMILES string of the molecule is O=C(Cn1cc(Nc2ncnc3cc(OCCN(CCO)C4CC4)ccc23)cn1)Nc1cccc(F)c1F. The fourth-order valence-corrected chi connectivity index (χ4v) is 4.14. The third kappa shape index (κ3) is 6.21. The van der Waals surface area contributed by atoms with E-state index < -0.39 is 17.5 Å². The fraction of sp³-hybridized carbons (Fsp3) is 0.308. The van der Waals surface area contributed by atoms with Crippen LogP contribution in [0.5, 0.6) is 5.75 Å². The maximum absolute atomic E-state index is 13.8. The van der Waals surface area contributed by atoms with E-state index in [2.05, 4.69) is 30.6 Å². The first-order valence-electron chi connectivity index (χ1n) is 12.3. The lowest BCUT2D eigenvalue weighted by atomic mass is 10.2. The molecule has 3 N–H and O–H groups in total. The zero-order chi connectivity index (χ0) is 26.5. The number of amides is 1. The first-order valence-corrected chi connectivity index (χ1v) is 12.3. The molecule has 5 rings (SSSR count). The molecule has 38 heavy (non-hydrogen) atoms. The van der Waals surface area contributed by atoms with E-state index in [0.717, 1.165) is 18.0 Å². The number of aliphatic hydroxyl groups excluding tert-OH is 1. The quantitative estimate of drug-likeness (QED) is 0.259. The normalized spacial score (nSPS) is 13.2. The molecule has 0 atom stereocenters. The molecule has 0 saturated heterocycles. The van der Waals surface area contributed by atoms with E-state index in [1.54, 1.807) is 6.20 Å². The Morgan fingerprint density at radius 1 is 1.18 bits per heavy atom. The van der Waals surface area contributed by atoms with Crippen molar-refractivity contribution in [2.75, 3.05) is 36.9 Å². The van der Waals surface area contributed by atoms with Gasteiger partial charge in [-0.3, -0.25) is 14.4 Å². The van der Waals surface area contributed by atoms with Crippen molar-refractivity contribution in [1.29, 1.82) is 0 Å². The minimum absolute atomic E-state index is 0.139. The number of rotatable bonds is 12. The summed E-state index contributed by atoms with van der Waals surface area (Å²) in [5, 5.41) is 19.7. The molecule has 1 aliphatic rings. The lowest BCUT2D eigenvalue weighted by molar-refractivity contribution is -0.116. The molecule has 10 nitrogen and oxygen atoms in total. The number of carbonyl (C=O) groups is 1. The highest BCUT2D eigenvalue weighted by molar-refractivity contribution is 5.92. The van der Waals surface area contributed by atoms with Crippen molar-refractivity contribution in [2.45, 2.75) is 25.4 Å². The summed E-state index contributed by atoms with van der Waals surface area (Å²) in [6.45, 7) is 1.86. The van der Waals surface area contributed by atoms with Crippen LogP contribution in [-0.2, 0) is 11.3 Å². The molecule has 198 valence electrons. The summed E-state index contributed by atoms with van der Waals surface area (Å²) in [7, 11) is 0. The van der Waals surface area contributed by atoms with E-state index in [0.29, 0.717) is 42.0 Å². The van der Waals surface area contributed by atoms with Crippen molar-refractivity contribution < 1.29 is 23.4 Å². The van der Waals surface area contributed by atoms with Crippen LogP contribution in [0.15, 0.2) is 55.1 Å². The summed E-state index contributed by atoms with van der Waals surface area (Å²) in [5.41, 5.74) is 1.04. The standard InChI is InChI=1S/C26H27F2N7O3/c27-21-2-1-3-22(25(21)28)33-24(37)15-35-14-17(13-31-35)32-26-20-7-6-19(12-23(20)29-16-30-26)38-11-9-34(8-10-36)18-4-5-18/h1-3,6-7,12-14,16,18,36H,4-5,8-11,15H2,(H,33,37)(H,29,30,32). The van der Waals surface area contributed by atoms with E-state index in [1.165, 1.54) is 42.2 Å². The Labute approximate surface area is 217 Å². The van der Waals surface area contributed by atoms with Crippen molar-refractivity contribution in [3.05, 3.63) is 66.8 Å². The molecule has 1 amide bonds. The lowest BCUT2D eigenvalue weighted by Gasteiger charge is -2.20. The zero-order valence-corrected chi connectivity index (χ0v) is 20.5. The Morgan fingerprint density at radius 3 is 2.87 bits per heavy atom. The zero-order valence-electron chi connectivity index (χ0n) is 20.5. The van der Waals surface area contributed by atoms with Gasteiger partial charge in [0.25, 0.3) is 0 Å². The molecule has 1 aliphatic carbocycles. The molecule has 2 heterocycles. The van der Waals surface area contributed by atoms with Gasteiger partial charge in [-0.05, 0) is 37.1 Å². The Morgan fingerprint density at radius 2 is 2.05 bits per heavy atom. The molecule has 0 bridgehead atoms. The molecule has 2 aromatic heterocycles. The number of anilines is 3. The third-order valence-corrected chi connectivity index (χ3v) is 6.13. The van der Waals surface area contributed by atoms with Crippen LogP contribution in [0.25, 0.3) is 10.9 Å². The molecule has 0 radical (unpaired) electrons. The molecule has 0 unspecified atom stereocenters. The summed E-state index contributed by atoms with van der Waals surface area (Å²) in [6.07, 6.45) is 6.91. The fourth-order valence-electron chi connectivity index (χ4n) is 4.14. The van der Waals surface area contributed by atoms with Crippen molar-refractivity contribution in [2.24, 2.45) is 0 Å². The van der Waals surface area contributed by atoms with E-state index in [-0.39, 0.29) is 18.8 Å². The van der Waals surface area contributed by atoms with Crippen LogP contribution in [0.1, 0.15) is 12.8 Å². The maximum Gasteiger partial charge on any atom is 0.246 e. The first kappa shape index (κ1) is 25.5. The van der Waals surface area contributed by atoms with Crippen molar-refractivity contribution >= 4 is 34.0 Å². The predicted octanol–water partition coefficient (Wildman–Crippen LogP) is 3.32. The highest BCUT2D eigenvalue weighted by atomic mass is 19.2. The number of aromatic nitrogens is 4. The summed E-state index contributed by atoms with van der Waals surface area (Å²) >= 11 is 0. The monoisotopic (exact) mass is 523 g/mol. The average molecular weight is 524 g/mol. The topological polar surface area (TPSA) is 117 Å². The molecule has 1 fully saturated rings. The van der Waals surface area contributed by atoms with E-state index in [4.69, 9.17) is 4.74 Å². The van der Waals surface area contributed by atoms with Crippen LogP contribution in [-0.4, -0.2) is 68.0 Å². The highest BCUT2D eigenvalue weighted by Gasteiger charge is 2.28. The number of halogens is 2. The number of fused-ring (bicyclic) bond motifs is 1. The Kier molecular flexibility index (Phi) is 7.70. The Bertz CT molecular complexity index is 1430. The van der Waals surface area contributed by atoms with Gasteiger partial charge in [0.15, 0.2) is 11.6 Å². The second-order valence-corrected chi connectivity index (χ2v) is 8.94. The molecular weight excluding hydrogens is 496 g/mol. The maximum atomic E-state index is 13.8. The first-order chi connectivity index (χ1) is 18.5. The summed E-state index contributed by atoms with van der Waals surface area (Å²) in [6, 6.07) is 9.68. The smallest absolute Gasteiger partial charge is 0.246 e.